The van der Waals surface area contributed by atoms with Crippen LogP contribution < -0.4 is 10.1 Å². The lowest BCUT2D eigenvalue weighted by molar-refractivity contribution is 0.311. The molecule has 0 saturated heterocycles. The molecule has 0 spiro atoms. The molecule has 0 saturated carbocycles. The van der Waals surface area contributed by atoms with Gasteiger partial charge >= 0.3 is 0 Å². The normalized spacial score (nSPS) is 10.4. The first-order valence-corrected chi connectivity index (χ1v) is 6.63. The number of benzene rings is 1. The molecule has 0 aliphatic heterocycles. The molecule has 100 valence electrons. The highest BCUT2D eigenvalue weighted by Crippen LogP contribution is 2.22. The summed E-state index contributed by atoms with van der Waals surface area (Å²) in [5.41, 5.74) is 2.12. The maximum Gasteiger partial charge on any atom is 0.123 e. The quantitative estimate of drug-likeness (QED) is 0.823. The molecule has 2 aromatic rings. The number of nitrogens with one attached hydrogen (secondary N) is 1. The van der Waals surface area contributed by atoms with E-state index in [4.69, 9.17) is 16.3 Å². The third kappa shape index (κ3) is 4.54. The summed E-state index contributed by atoms with van der Waals surface area (Å²) in [6.07, 6.45) is 1.79. The zero-order chi connectivity index (χ0) is 13.5. The number of nitrogens with zero attached hydrogens (tertiary/aromatic N) is 1. The topological polar surface area (TPSA) is 34.1 Å². The van der Waals surface area contributed by atoms with Gasteiger partial charge in [0.15, 0.2) is 0 Å². The van der Waals surface area contributed by atoms with Crippen molar-refractivity contribution in [2.45, 2.75) is 13.5 Å². The van der Waals surface area contributed by atoms with Gasteiger partial charge in [-0.1, -0.05) is 23.7 Å². The van der Waals surface area contributed by atoms with E-state index in [1.807, 2.05) is 43.3 Å². The SMILES string of the molecule is Cc1ccc(Cl)cc1OCCNCc1ccccn1. The second kappa shape index (κ2) is 7.12. The molecule has 4 heteroatoms. The Kier molecular flexibility index (Phi) is 5.19. The third-order valence-corrected chi connectivity index (χ3v) is 2.95. The van der Waals surface area contributed by atoms with Gasteiger partial charge in [-0.25, -0.2) is 0 Å². The van der Waals surface area contributed by atoms with Gasteiger partial charge in [-0.2, -0.15) is 0 Å². The Morgan fingerprint density at radius 2 is 2.16 bits per heavy atom. The fourth-order valence-electron chi connectivity index (χ4n) is 1.68. The molecule has 1 aromatic heterocycles. The first-order valence-electron chi connectivity index (χ1n) is 6.25. The Bertz CT molecular complexity index is 517. The zero-order valence-electron chi connectivity index (χ0n) is 10.9. The number of pyridine rings is 1. The van der Waals surface area contributed by atoms with E-state index in [2.05, 4.69) is 10.3 Å². The lowest BCUT2D eigenvalue weighted by Crippen LogP contribution is -2.21. The van der Waals surface area contributed by atoms with Crippen molar-refractivity contribution in [1.29, 1.82) is 0 Å². The maximum absolute atomic E-state index is 5.93. The lowest BCUT2D eigenvalue weighted by atomic mass is 10.2. The highest BCUT2D eigenvalue weighted by Gasteiger charge is 2.00. The number of ether oxygens (including phenoxy) is 1. The van der Waals surface area contributed by atoms with Gasteiger partial charge in [0, 0.05) is 24.3 Å². The summed E-state index contributed by atoms with van der Waals surface area (Å²) in [4.78, 5) is 4.24. The number of aromatic nitrogens is 1. The number of rotatable bonds is 6. The van der Waals surface area contributed by atoms with Gasteiger partial charge in [0.1, 0.15) is 12.4 Å². The molecule has 1 N–H and O–H groups in total. The summed E-state index contributed by atoms with van der Waals surface area (Å²) in [5.74, 6) is 0.840. The predicted molar refractivity (Wildman–Crippen MR) is 77.6 cm³/mol. The molecule has 19 heavy (non-hydrogen) atoms. The van der Waals surface area contributed by atoms with Gasteiger partial charge in [-0.15, -0.1) is 0 Å². The predicted octanol–water partition coefficient (Wildman–Crippen LogP) is 3.21. The highest BCUT2D eigenvalue weighted by atomic mass is 35.5. The molecular formula is C15H17ClN2O. The van der Waals surface area contributed by atoms with Crippen molar-refractivity contribution < 1.29 is 4.74 Å². The van der Waals surface area contributed by atoms with Crippen LogP contribution in [0.5, 0.6) is 5.75 Å². The summed E-state index contributed by atoms with van der Waals surface area (Å²) in [5, 5.41) is 3.98. The number of aryl methyl sites for hydroxylation is 1. The fraction of sp³-hybridized carbons (Fsp3) is 0.267. The van der Waals surface area contributed by atoms with Crippen LogP contribution in [0.25, 0.3) is 0 Å². The Labute approximate surface area is 118 Å². The third-order valence-electron chi connectivity index (χ3n) is 2.72. The largest absolute Gasteiger partial charge is 0.492 e. The summed E-state index contributed by atoms with van der Waals surface area (Å²) < 4.78 is 5.69. The van der Waals surface area contributed by atoms with Crippen LogP contribution in [0.15, 0.2) is 42.6 Å². The van der Waals surface area contributed by atoms with Crippen molar-refractivity contribution in [3.05, 3.63) is 58.9 Å². The van der Waals surface area contributed by atoms with Gasteiger partial charge < -0.3 is 10.1 Å². The molecule has 0 unspecified atom stereocenters. The van der Waals surface area contributed by atoms with Crippen molar-refractivity contribution in [3.63, 3.8) is 0 Å². The smallest absolute Gasteiger partial charge is 0.123 e. The van der Waals surface area contributed by atoms with Crippen LogP contribution in [0.3, 0.4) is 0 Å². The molecule has 0 amide bonds. The van der Waals surface area contributed by atoms with Crippen LogP contribution in [-0.4, -0.2) is 18.1 Å². The summed E-state index contributed by atoms with van der Waals surface area (Å²) in [6, 6.07) is 11.6. The minimum atomic E-state index is 0.605. The van der Waals surface area contributed by atoms with E-state index in [-0.39, 0.29) is 0 Å². The molecule has 0 radical (unpaired) electrons. The summed E-state index contributed by atoms with van der Waals surface area (Å²) >= 11 is 5.93. The minimum Gasteiger partial charge on any atom is -0.492 e. The molecule has 0 atom stereocenters. The molecular weight excluding hydrogens is 260 g/mol. The van der Waals surface area contributed by atoms with E-state index >= 15 is 0 Å². The average Bonchev–Trinajstić information content (AvgIpc) is 2.43. The van der Waals surface area contributed by atoms with Crippen LogP contribution >= 0.6 is 11.6 Å². The van der Waals surface area contributed by atoms with Gasteiger partial charge in [-0.3, -0.25) is 4.98 Å². The molecule has 3 nitrogen and oxygen atoms in total. The number of halogens is 1. The van der Waals surface area contributed by atoms with Crippen molar-refractivity contribution in [2.24, 2.45) is 0 Å². The van der Waals surface area contributed by atoms with Gasteiger partial charge in [0.05, 0.1) is 5.69 Å². The van der Waals surface area contributed by atoms with E-state index in [1.54, 1.807) is 6.20 Å². The van der Waals surface area contributed by atoms with E-state index in [9.17, 15) is 0 Å². The van der Waals surface area contributed by atoms with Crippen LogP contribution in [0.1, 0.15) is 11.3 Å². The molecule has 0 bridgehead atoms. The fourth-order valence-corrected chi connectivity index (χ4v) is 1.84. The molecule has 1 aromatic carbocycles. The second-order valence-electron chi connectivity index (χ2n) is 4.26. The molecule has 0 aliphatic rings. The van der Waals surface area contributed by atoms with Gasteiger partial charge in [0.25, 0.3) is 0 Å². The Morgan fingerprint density at radius 3 is 2.95 bits per heavy atom. The Morgan fingerprint density at radius 1 is 1.26 bits per heavy atom. The van der Waals surface area contributed by atoms with Gasteiger partial charge in [0.2, 0.25) is 0 Å². The number of hydrogen-bond acceptors (Lipinski definition) is 3. The first-order chi connectivity index (χ1) is 9.25. The van der Waals surface area contributed by atoms with E-state index in [0.29, 0.717) is 11.6 Å². The molecule has 2 rings (SSSR count). The van der Waals surface area contributed by atoms with Crippen LogP contribution in [-0.2, 0) is 6.54 Å². The van der Waals surface area contributed by atoms with E-state index < -0.39 is 0 Å². The standard InChI is InChI=1S/C15H17ClN2O/c1-12-5-6-13(16)10-15(12)19-9-8-17-11-14-4-2-3-7-18-14/h2-7,10,17H,8-9,11H2,1H3. The average molecular weight is 277 g/mol. The first kappa shape index (κ1) is 13.8. The van der Waals surface area contributed by atoms with Crippen LogP contribution in [0.4, 0.5) is 0 Å². The van der Waals surface area contributed by atoms with E-state index in [0.717, 1.165) is 30.1 Å². The summed E-state index contributed by atoms with van der Waals surface area (Å²) in [7, 11) is 0. The van der Waals surface area contributed by atoms with Crippen LogP contribution in [0, 0.1) is 6.92 Å². The maximum atomic E-state index is 5.93. The van der Waals surface area contributed by atoms with E-state index in [1.165, 1.54) is 0 Å². The molecule has 0 fully saturated rings. The van der Waals surface area contributed by atoms with Crippen molar-refractivity contribution in [3.8, 4) is 5.75 Å². The van der Waals surface area contributed by atoms with Crippen molar-refractivity contribution >= 4 is 11.6 Å². The molecule has 0 aliphatic carbocycles. The minimum absolute atomic E-state index is 0.605. The zero-order valence-corrected chi connectivity index (χ0v) is 11.7. The summed E-state index contributed by atoms with van der Waals surface area (Å²) in [6.45, 7) is 4.13. The Balaban J connectivity index is 1.71. The van der Waals surface area contributed by atoms with Crippen LogP contribution in [0.2, 0.25) is 5.02 Å². The molecule has 1 heterocycles. The van der Waals surface area contributed by atoms with Crippen molar-refractivity contribution in [2.75, 3.05) is 13.2 Å². The second-order valence-corrected chi connectivity index (χ2v) is 4.69. The monoisotopic (exact) mass is 276 g/mol. The number of hydrogen-bond donors (Lipinski definition) is 1. The van der Waals surface area contributed by atoms with Gasteiger partial charge in [-0.05, 0) is 36.8 Å². The lowest BCUT2D eigenvalue weighted by Gasteiger charge is -2.10. The highest BCUT2D eigenvalue weighted by molar-refractivity contribution is 6.30. The Hall–Kier alpha value is -1.58. The van der Waals surface area contributed by atoms with Crippen molar-refractivity contribution in [1.82, 2.24) is 10.3 Å².